The highest BCUT2D eigenvalue weighted by molar-refractivity contribution is 6.35. The molecule has 0 aliphatic heterocycles. The fourth-order valence-electron chi connectivity index (χ4n) is 2.01. The van der Waals surface area contributed by atoms with Gasteiger partial charge in [-0.3, -0.25) is 14.6 Å². The Bertz CT molecular complexity index is 761. The van der Waals surface area contributed by atoms with Crippen molar-refractivity contribution in [1.29, 1.82) is 0 Å². The number of likely N-dealkylation sites (N-methyl/N-ethyl adjacent to an activating group) is 1. The number of halogens is 2. The van der Waals surface area contributed by atoms with Gasteiger partial charge in [0.2, 0.25) is 0 Å². The van der Waals surface area contributed by atoms with Crippen LogP contribution in [0.4, 0.5) is 5.69 Å². The molecular weight excluding hydrogens is 363 g/mol. The quantitative estimate of drug-likeness (QED) is 0.807. The van der Waals surface area contributed by atoms with E-state index in [0.717, 1.165) is 6.54 Å². The minimum atomic E-state index is -0.457. The first-order chi connectivity index (χ1) is 11.8. The summed E-state index contributed by atoms with van der Waals surface area (Å²) in [5, 5.41) is 6.26. The number of benzene rings is 1. The number of carbonyl (C=O) groups is 2. The van der Waals surface area contributed by atoms with E-state index >= 15 is 0 Å². The zero-order valence-corrected chi connectivity index (χ0v) is 15.4. The van der Waals surface area contributed by atoms with Gasteiger partial charge in [-0.1, -0.05) is 23.2 Å². The Morgan fingerprint density at radius 3 is 2.40 bits per heavy atom. The molecule has 2 aromatic rings. The van der Waals surface area contributed by atoms with E-state index in [1.807, 2.05) is 19.0 Å². The lowest BCUT2D eigenvalue weighted by Crippen LogP contribution is -2.31. The fraction of sp³-hybridized carbons (Fsp3) is 0.235. The van der Waals surface area contributed by atoms with Gasteiger partial charge in [-0.25, -0.2) is 0 Å². The largest absolute Gasteiger partial charge is 0.351 e. The van der Waals surface area contributed by atoms with Crippen molar-refractivity contribution in [3.63, 3.8) is 0 Å². The zero-order chi connectivity index (χ0) is 18.4. The molecule has 2 rings (SSSR count). The molecule has 0 fully saturated rings. The number of rotatable bonds is 6. The minimum Gasteiger partial charge on any atom is -0.351 e. The molecule has 6 nitrogen and oxygen atoms in total. The third-order valence-corrected chi connectivity index (χ3v) is 3.66. The van der Waals surface area contributed by atoms with Crippen LogP contribution in [-0.4, -0.2) is 48.9 Å². The van der Waals surface area contributed by atoms with E-state index in [1.165, 1.54) is 12.3 Å². The molecule has 1 aromatic carbocycles. The SMILES string of the molecule is CN(C)CCNC(=O)c1ccnc(C(=O)Nc2cc(Cl)cc(Cl)c2)c1. The summed E-state index contributed by atoms with van der Waals surface area (Å²) in [4.78, 5) is 30.4. The zero-order valence-electron chi connectivity index (χ0n) is 13.8. The standard InChI is InChI=1S/C17H18Cl2N4O2/c1-23(2)6-5-21-16(24)11-3-4-20-15(7-11)17(25)22-14-9-12(18)8-13(19)10-14/h3-4,7-10H,5-6H2,1-2H3,(H,21,24)(H,22,25). The van der Waals surface area contributed by atoms with Crippen LogP contribution >= 0.6 is 23.2 Å². The van der Waals surface area contributed by atoms with Gasteiger partial charge in [-0.15, -0.1) is 0 Å². The van der Waals surface area contributed by atoms with E-state index in [-0.39, 0.29) is 11.6 Å². The average Bonchev–Trinajstić information content (AvgIpc) is 2.53. The lowest BCUT2D eigenvalue weighted by Gasteiger charge is -2.11. The van der Waals surface area contributed by atoms with Crippen molar-refractivity contribution < 1.29 is 9.59 Å². The molecule has 25 heavy (non-hydrogen) atoms. The summed E-state index contributed by atoms with van der Waals surface area (Å²) in [7, 11) is 3.84. The van der Waals surface area contributed by atoms with Crippen LogP contribution in [0.5, 0.6) is 0 Å². The molecule has 0 unspecified atom stereocenters. The number of carbonyl (C=O) groups excluding carboxylic acids is 2. The maximum atomic E-state index is 12.3. The fourth-order valence-corrected chi connectivity index (χ4v) is 2.54. The van der Waals surface area contributed by atoms with Gasteiger partial charge >= 0.3 is 0 Å². The van der Waals surface area contributed by atoms with Crippen LogP contribution in [0.2, 0.25) is 10.0 Å². The van der Waals surface area contributed by atoms with Gasteiger partial charge in [0, 0.05) is 40.6 Å². The van der Waals surface area contributed by atoms with Gasteiger partial charge < -0.3 is 15.5 Å². The molecule has 2 amide bonds. The first-order valence-corrected chi connectivity index (χ1v) is 8.27. The molecule has 2 N–H and O–H groups in total. The van der Waals surface area contributed by atoms with Crippen LogP contribution in [0.3, 0.4) is 0 Å². The number of pyridine rings is 1. The van der Waals surface area contributed by atoms with Crippen LogP contribution in [0.25, 0.3) is 0 Å². The smallest absolute Gasteiger partial charge is 0.274 e. The minimum absolute atomic E-state index is 0.122. The van der Waals surface area contributed by atoms with Crippen LogP contribution < -0.4 is 10.6 Å². The maximum absolute atomic E-state index is 12.3. The second kappa shape index (κ2) is 8.80. The monoisotopic (exact) mass is 380 g/mol. The summed E-state index contributed by atoms with van der Waals surface area (Å²) in [5.41, 5.74) is 0.935. The summed E-state index contributed by atoms with van der Waals surface area (Å²) in [6.07, 6.45) is 1.42. The first kappa shape index (κ1) is 19.2. The van der Waals surface area contributed by atoms with Crippen LogP contribution in [0, 0.1) is 0 Å². The van der Waals surface area contributed by atoms with Gasteiger partial charge in [0.15, 0.2) is 0 Å². The predicted octanol–water partition coefficient (Wildman–Crippen LogP) is 2.93. The third kappa shape index (κ3) is 6.01. The Morgan fingerprint density at radius 1 is 1.08 bits per heavy atom. The predicted molar refractivity (Wildman–Crippen MR) is 99.5 cm³/mol. The maximum Gasteiger partial charge on any atom is 0.274 e. The highest BCUT2D eigenvalue weighted by atomic mass is 35.5. The summed E-state index contributed by atoms with van der Waals surface area (Å²) in [6.45, 7) is 1.23. The van der Waals surface area contributed by atoms with E-state index in [0.29, 0.717) is 27.8 Å². The highest BCUT2D eigenvalue weighted by Gasteiger charge is 2.12. The number of amides is 2. The van der Waals surface area contributed by atoms with E-state index in [4.69, 9.17) is 23.2 Å². The number of aromatic nitrogens is 1. The molecule has 1 aromatic heterocycles. The van der Waals surface area contributed by atoms with Crippen molar-refractivity contribution in [2.24, 2.45) is 0 Å². The molecule has 1 heterocycles. The first-order valence-electron chi connectivity index (χ1n) is 7.51. The Morgan fingerprint density at radius 2 is 1.76 bits per heavy atom. The second-order valence-corrected chi connectivity index (χ2v) is 6.47. The summed E-state index contributed by atoms with van der Waals surface area (Å²) < 4.78 is 0. The van der Waals surface area contributed by atoms with Gasteiger partial charge in [-0.05, 0) is 44.4 Å². The van der Waals surface area contributed by atoms with Gasteiger partial charge in [-0.2, -0.15) is 0 Å². The Hall–Kier alpha value is -2.15. The number of anilines is 1. The van der Waals surface area contributed by atoms with Crippen molar-refractivity contribution >= 4 is 40.7 Å². The highest BCUT2D eigenvalue weighted by Crippen LogP contribution is 2.22. The normalized spacial score (nSPS) is 10.6. The van der Waals surface area contributed by atoms with E-state index in [1.54, 1.807) is 24.3 Å². The molecule has 0 saturated carbocycles. The van der Waals surface area contributed by atoms with Crippen molar-refractivity contribution in [3.8, 4) is 0 Å². The van der Waals surface area contributed by atoms with Crippen LogP contribution in [0.1, 0.15) is 20.8 Å². The average molecular weight is 381 g/mol. The molecule has 0 aliphatic carbocycles. The molecule has 0 atom stereocenters. The van der Waals surface area contributed by atoms with E-state index in [2.05, 4.69) is 15.6 Å². The van der Waals surface area contributed by atoms with Gasteiger partial charge in [0.05, 0.1) is 0 Å². The second-order valence-electron chi connectivity index (χ2n) is 5.60. The number of hydrogen-bond acceptors (Lipinski definition) is 4. The summed E-state index contributed by atoms with van der Waals surface area (Å²) in [6, 6.07) is 7.70. The molecule has 0 radical (unpaired) electrons. The number of nitrogens with zero attached hydrogens (tertiary/aromatic N) is 2. The molecule has 0 aliphatic rings. The molecule has 0 saturated heterocycles. The van der Waals surface area contributed by atoms with Crippen molar-refractivity contribution in [1.82, 2.24) is 15.2 Å². The lowest BCUT2D eigenvalue weighted by atomic mass is 10.2. The van der Waals surface area contributed by atoms with Crippen LogP contribution in [0.15, 0.2) is 36.5 Å². The van der Waals surface area contributed by atoms with E-state index in [9.17, 15) is 9.59 Å². The topological polar surface area (TPSA) is 74.3 Å². The molecule has 0 spiro atoms. The van der Waals surface area contributed by atoms with Crippen molar-refractivity contribution in [3.05, 3.63) is 57.8 Å². The molecular formula is C17H18Cl2N4O2. The summed E-state index contributed by atoms with van der Waals surface area (Å²) >= 11 is 11.8. The lowest BCUT2D eigenvalue weighted by molar-refractivity contribution is 0.0951. The Labute approximate surface area is 156 Å². The van der Waals surface area contributed by atoms with Crippen molar-refractivity contribution in [2.75, 3.05) is 32.5 Å². The van der Waals surface area contributed by atoms with Gasteiger partial charge in [0.1, 0.15) is 5.69 Å². The molecule has 0 bridgehead atoms. The molecule has 132 valence electrons. The third-order valence-electron chi connectivity index (χ3n) is 3.22. The van der Waals surface area contributed by atoms with E-state index < -0.39 is 5.91 Å². The Balaban J connectivity index is 2.06. The Kier molecular flexibility index (Phi) is 6.75. The van der Waals surface area contributed by atoms with Gasteiger partial charge in [0.25, 0.3) is 11.8 Å². The summed E-state index contributed by atoms with van der Waals surface area (Å²) in [5.74, 6) is -0.717. The van der Waals surface area contributed by atoms with Crippen LogP contribution in [-0.2, 0) is 0 Å². The number of nitrogens with one attached hydrogen (secondary N) is 2. The molecule has 8 heteroatoms. The van der Waals surface area contributed by atoms with Crippen molar-refractivity contribution in [2.45, 2.75) is 0 Å². The number of hydrogen-bond donors (Lipinski definition) is 2.